The first kappa shape index (κ1) is 36.0. The van der Waals surface area contributed by atoms with Crippen LogP contribution in [0.4, 0.5) is 0 Å². The lowest BCUT2D eigenvalue weighted by Crippen LogP contribution is -1.97. The number of hydrogen-bond acceptors (Lipinski definition) is 2. The van der Waals surface area contributed by atoms with Gasteiger partial charge in [0.05, 0.1) is 0 Å². The van der Waals surface area contributed by atoms with Crippen LogP contribution in [0.5, 0.6) is 0 Å². The summed E-state index contributed by atoms with van der Waals surface area (Å²) in [6, 6.07) is 65.2. The second-order valence-corrected chi connectivity index (χ2v) is 16.0. The van der Waals surface area contributed by atoms with E-state index in [2.05, 4.69) is 178 Å². The molecule has 0 saturated heterocycles. The second kappa shape index (κ2) is 14.9. The molecule has 0 radical (unpaired) electrons. The molecule has 0 amide bonds. The molecule has 0 fully saturated rings. The van der Waals surface area contributed by atoms with Crippen LogP contribution in [0.25, 0.3) is 87.0 Å². The summed E-state index contributed by atoms with van der Waals surface area (Å²) in [5.41, 5.74) is 12.2. The van der Waals surface area contributed by atoms with Crippen LogP contribution in [-0.2, 0) is 25.7 Å². The van der Waals surface area contributed by atoms with Crippen molar-refractivity contribution < 1.29 is 8.83 Å². The lowest BCUT2D eigenvalue weighted by atomic mass is 9.87. The van der Waals surface area contributed by atoms with Crippen LogP contribution in [0, 0.1) is 0 Å². The molecular formula is C58H44O2. The third kappa shape index (κ3) is 5.94. The largest absolute Gasteiger partial charge is 0.456 e. The second-order valence-electron chi connectivity index (χ2n) is 16.0. The summed E-state index contributed by atoms with van der Waals surface area (Å²) in [7, 11) is 0. The lowest BCUT2D eigenvalue weighted by Gasteiger charge is -2.16. The maximum absolute atomic E-state index is 6.14. The Morgan fingerprint density at radius 3 is 1.20 bits per heavy atom. The zero-order valence-electron chi connectivity index (χ0n) is 34.0. The molecule has 2 aromatic heterocycles. The minimum atomic E-state index is 0.881. The van der Waals surface area contributed by atoms with E-state index in [-0.39, 0.29) is 0 Å². The number of furan rings is 2. The molecule has 12 aromatic rings. The topological polar surface area (TPSA) is 26.3 Å². The Hall–Kier alpha value is -7.16. The van der Waals surface area contributed by atoms with Crippen molar-refractivity contribution in [2.75, 3.05) is 0 Å². The molecule has 0 aliphatic carbocycles. The van der Waals surface area contributed by atoms with Gasteiger partial charge in [-0.1, -0.05) is 166 Å². The quantitative estimate of drug-likeness (QED) is 0.157. The molecule has 288 valence electrons. The Balaban J connectivity index is 0.000000136. The third-order valence-electron chi connectivity index (χ3n) is 12.7. The summed E-state index contributed by atoms with van der Waals surface area (Å²) in [4.78, 5) is 0. The van der Waals surface area contributed by atoms with Crippen molar-refractivity contribution in [1.29, 1.82) is 0 Å². The van der Waals surface area contributed by atoms with Gasteiger partial charge in [-0.2, -0.15) is 0 Å². The normalized spacial score (nSPS) is 11.8. The van der Waals surface area contributed by atoms with Gasteiger partial charge in [0.25, 0.3) is 0 Å². The molecule has 0 aliphatic heterocycles. The van der Waals surface area contributed by atoms with E-state index >= 15 is 0 Å². The first-order chi connectivity index (χ1) is 29.7. The van der Waals surface area contributed by atoms with Gasteiger partial charge in [-0.3, -0.25) is 0 Å². The predicted octanol–water partition coefficient (Wildman–Crippen LogP) is 16.1. The van der Waals surface area contributed by atoms with E-state index in [0.29, 0.717) is 0 Å². The first-order valence-corrected chi connectivity index (χ1v) is 21.3. The van der Waals surface area contributed by atoms with Gasteiger partial charge in [0, 0.05) is 21.5 Å². The van der Waals surface area contributed by atoms with Gasteiger partial charge >= 0.3 is 0 Å². The summed E-state index contributed by atoms with van der Waals surface area (Å²) in [6.45, 7) is 4.51. The molecule has 0 bridgehead atoms. The Kier molecular flexibility index (Phi) is 8.93. The van der Waals surface area contributed by atoms with E-state index in [4.69, 9.17) is 8.83 Å². The highest BCUT2D eigenvalue weighted by Gasteiger charge is 2.17. The fraction of sp³-hybridized carbons (Fsp3) is 0.103. The van der Waals surface area contributed by atoms with Crippen LogP contribution in [0.3, 0.4) is 0 Å². The fourth-order valence-corrected chi connectivity index (χ4v) is 10.0. The maximum Gasteiger partial charge on any atom is 0.135 e. The van der Waals surface area contributed by atoms with Crippen LogP contribution in [-0.4, -0.2) is 0 Å². The Labute approximate surface area is 349 Å². The highest BCUT2D eigenvalue weighted by molar-refractivity contribution is 6.10. The van der Waals surface area contributed by atoms with Crippen molar-refractivity contribution in [2.45, 2.75) is 39.5 Å². The van der Waals surface area contributed by atoms with Gasteiger partial charge < -0.3 is 8.83 Å². The van der Waals surface area contributed by atoms with Gasteiger partial charge in [0.1, 0.15) is 22.3 Å². The van der Waals surface area contributed by atoms with E-state index in [1.54, 1.807) is 0 Å². The summed E-state index contributed by atoms with van der Waals surface area (Å²) in [5.74, 6) is 0. The number of hydrogen-bond donors (Lipinski definition) is 0. The highest BCUT2D eigenvalue weighted by atomic mass is 16.3. The third-order valence-corrected chi connectivity index (χ3v) is 12.7. The summed E-state index contributed by atoms with van der Waals surface area (Å²) >= 11 is 0. The number of fused-ring (bicyclic) bond motifs is 10. The van der Waals surface area contributed by atoms with E-state index in [1.165, 1.54) is 98.0 Å². The van der Waals surface area contributed by atoms with E-state index in [0.717, 1.165) is 48.0 Å². The van der Waals surface area contributed by atoms with Gasteiger partial charge in [-0.25, -0.2) is 0 Å². The van der Waals surface area contributed by atoms with E-state index in [1.807, 2.05) is 18.2 Å². The standard InChI is InChI=1S/2C29H22O/c1-2-20-21-11-3-5-13-23(21)26(24-14-6-4-12-22(20)24)18-19-10-9-17-28-29(19)25-15-7-8-16-27(25)30-28;1-2-20-21-9-3-5-11-23(21)26(24-12-6-4-10-22(20)24)17-19-15-16-29-27(18-19)25-13-7-8-14-28(25)30-29/h3-17H,2,18H2,1H3;3-16,18H,2,17H2,1H3. The SMILES string of the molecule is CCc1c2ccccc2c(Cc2ccc3oc4ccccc4c3c2)c2ccccc12.CCc1c2ccccc2c(Cc2cccc3oc4ccccc4c23)c2ccccc12. The van der Waals surface area contributed by atoms with Crippen LogP contribution in [0.1, 0.15) is 47.2 Å². The number of para-hydroxylation sites is 2. The van der Waals surface area contributed by atoms with Gasteiger partial charge in [0.2, 0.25) is 0 Å². The molecule has 0 N–H and O–H groups in total. The maximum atomic E-state index is 6.14. The van der Waals surface area contributed by atoms with Crippen LogP contribution in [0.15, 0.2) is 191 Å². The zero-order valence-corrected chi connectivity index (χ0v) is 34.0. The Morgan fingerprint density at radius 2 is 0.683 bits per heavy atom. The molecule has 2 heterocycles. The number of aryl methyl sites for hydroxylation is 2. The molecule has 10 aromatic carbocycles. The predicted molar refractivity (Wildman–Crippen MR) is 255 cm³/mol. The fourth-order valence-electron chi connectivity index (χ4n) is 10.0. The summed E-state index contributed by atoms with van der Waals surface area (Å²) < 4.78 is 12.2. The number of benzene rings is 10. The van der Waals surface area contributed by atoms with Gasteiger partial charge in [0.15, 0.2) is 0 Å². The van der Waals surface area contributed by atoms with E-state index in [9.17, 15) is 0 Å². The minimum Gasteiger partial charge on any atom is -0.456 e. The van der Waals surface area contributed by atoms with Crippen molar-refractivity contribution in [1.82, 2.24) is 0 Å². The van der Waals surface area contributed by atoms with Gasteiger partial charge in [-0.15, -0.1) is 0 Å². The van der Waals surface area contributed by atoms with Crippen molar-refractivity contribution in [3.63, 3.8) is 0 Å². The number of rotatable bonds is 6. The lowest BCUT2D eigenvalue weighted by molar-refractivity contribution is 0.668. The zero-order chi connectivity index (χ0) is 40.2. The van der Waals surface area contributed by atoms with Crippen molar-refractivity contribution >= 4 is 87.0 Å². The molecule has 0 unspecified atom stereocenters. The molecule has 0 spiro atoms. The molecule has 60 heavy (non-hydrogen) atoms. The van der Waals surface area contributed by atoms with Gasteiger partial charge in [-0.05, 0) is 132 Å². The van der Waals surface area contributed by atoms with Crippen molar-refractivity contribution in [3.05, 3.63) is 215 Å². The molecule has 2 nitrogen and oxygen atoms in total. The monoisotopic (exact) mass is 772 g/mol. The molecule has 0 saturated carbocycles. The van der Waals surface area contributed by atoms with Crippen LogP contribution >= 0.6 is 0 Å². The smallest absolute Gasteiger partial charge is 0.135 e. The average Bonchev–Trinajstić information content (AvgIpc) is 3.88. The van der Waals surface area contributed by atoms with Crippen LogP contribution in [0.2, 0.25) is 0 Å². The molecular weight excluding hydrogens is 729 g/mol. The Bertz CT molecular complexity index is 3470. The minimum absolute atomic E-state index is 0.881. The average molecular weight is 773 g/mol. The molecule has 0 aliphatic rings. The molecule has 2 heteroatoms. The first-order valence-electron chi connectivity index (χ1n) is 21.3. The van der Waals surface area contributed by atoms with Crippen molar-refractivity contribution in [2.24, 2.45) is 0 Å². The highest BCUT2D eigenvalue weighted by Crippen LogP contribution is 2.39. The van der Waals surface area contributed by atoms with Crippen molar-refractivity contribution in [3.8, 4) is 0 Å². The summed E-state index contributed by atoms with van der Waals surface area (Å²) in [6.07, 6.45) is 3.85. The molecule has 0 atom stereocenters. The summed E-state index contributed by atoms with van der Waals surface area (Å²) in [5, 5.41) is 15.8. The van der Waals surface area contributed by atoms with Crippen LogP contribution < -0.4 is 0 Å². The molecule has 12 rings (SSSR count). The van der Waals surface area contributed by atoms with E-state index < -0.39 is 0 Å². The Morgan fingerprint density at radius 1 is 0.300 bits per heavy atom.